The Kier molecular flexibility index (Phi) is 3.65. The van der Waals surface area contributed by atoms with Crippen molar-refractivity contribution in [3.63, 3.8) is 0 Å². The third kappa shape index (κ3) is 2.53. The summed E-state index contributed by atoms with van der Waals surface area (Å²) in [7, 11) is 1.90. The van der Waals surface area contributed by atoms with Crippen molar-refractivity contribution in [3.8, 4) is 5.75 Å². The molecule has 0 N–H and O–H groups in total. The summed E-state index contributed by atoms with van der Waals surface area (Å²) >= 11 is 0. The lowest BCUT2D eigenvalue weighted by Gasteiger charge is -2.14. The van der Waals surface area contributed by atoms with Crippen molar-refractivity contribution >= 4 is 0 Å². The van der Waals surface area contributed by atoms with Gasteiger partial charge in [0.15, 0.2) is 0 Å². The zero-order valence-electron chi connectivity index (χ0n) is 10.9. The molecular weight excluding hydrogens is 231 g/mol. The maximum absolute atomic E-state index is 13.7. The summed E-state index contributed by atoms with van der Waals surface area (Å²) in [4.78, 5) is 4.02. The minimum atomic E-state index is -0.215. The minimum absolute atomic E-state index is 0.0905. The van der Waals surface area contributed by atoms with Gasteiger partial charge >= 0.3 is 0 Å². The molecule has 1 aromatic heterocycles. The smallest absolute Gasteiger partial charge is 0.130 e. The van der Waals surface area contributed by atoms with Gasteiger partial charge in [0.1, 0.15) is 18.2 Å². The molecule has 2 rings (SSSR count). The summed E-state index contributed by atoms with van der Waals surface area (Å²) < 4.78 is 21.3. The Morgan fingerprint density at radius 1 is 1.39 bits per heavy atom. The lowest BCUT2D eigenvalue weighted by molar-refractivity contribution is 0.290. The standard InChI is InChI=1S/C14H17FN2O/c1-10(2)14-12(15)5-4-6-13(14)18-8-11-7-16-9-17(11)3/h4-7,9-10H,8H2,1-3H3. The van der Waals surface area contributed by atoms with E-state index in [-0.39, 0.29) is 11.7 Å². The first-order chi connectivity index (χ1) is 8.59. The van der Waals surface area contributed by atoms with Crippen LogP contribution in [-0.2, 0) is 13.7 Å². The molecule has 0 saturated carbocycles. The van der Waals surface area contributed by atoms with E-state index in [1.54, 1.807) is 24.7 Å². The van der Waals surface area contributed by atoms with E-state index in [9.17, 15) is 4.39 Å². The molecule has 0 radical (unpaired) electrons. The molecule has 3 nitrogen and oxygen atoms in total. The van der Waals surface area contributed by atoms with E-state index >= 15 is 0 Å². The summed E-state index contributed by atoms with van der Waals surface area (Å²) in [5.74, 6) is 0.478. The van der Waals surface area contributed by atoms with Crippen LogP contribution in [0.1, 0.15) is 31.0 Å². The van der Waals surface area contributed by atoms with Gasteiger partial charge in [0.2, 0.25) is 0 Å². The van der Waals surface area contributed by atoms with E-state index in [1.807, 2.05) is 25.5 Å². The number of hydrogen-bond acceptors (Lipinski definition) is 2. The first-order valence-electron chi connectivity index (χ1n) is 5.96. The average Bonchev–Trinajstić information content (AvgIpc) is 2.71. The lowest BCUT2D eigenvalue weighted by Crippen LogP contribution is -2.04. The number of aromatic nitrogens is 2. The zero-order chi connectivity index (χ0) is 13.1. The van der Waals surface area contributed by atoms with Crippen molar-refractivity contribution in [2.75, 3.05) is 0 Å². The molecule has 2 aromatic rings. The van der Waals surface area contributed by atoms with Crippen LogP contribution >= 0.6 is 0 Å². The number of aryl methyl sites for hydroxylation is 1. The molecule has 0 spiro atoms. The SMILES string of the molecule is CC(C)c1c(F)cccc1OCc1cncn1C. The van der Waals surface area contributed by atoms with Gasteiger partial charge in [0.05, 0.1) is 18.2 Å². The normalized spacial score (nSPS) is 10.9. The third-order valence-corrected chi connectivity index (χ3v) is 2.88. The maximum Gasteiger partial charge on any atom is 0.130 e. The quantitative estimate of drug-likeness (QED) is 0.830. The maximum atomic E-state index is 13.7. The number of hydrogen-bond donors (Lipinski definition) is 0. The largest absolute Gasteiger partial charge is 0.487 e. The molecule has 96 valence electrons. The summed E-state index contributed by atoms with van der Waals surface area (Å²) in [5.41, 5.74) is 1.58. The second-order valence-corrected chi connectivity index (χ2v) is 4.59. The Morgan fingerprint density at radius 3 is 2.78 bits per heavy atom. The Balaban J connectivity index is 2.19. The number of nitrogens with zero attached hydrogens (tertiary/aromatic N) is 2. The van der Waals surface area contributed by atoms with Crippen molar-refractivity contribution < 1.29 is 9.13 Å². The van der Waals surface area contributed by atoms with Crippen LogP contribution in [-0.4, -0.2) is 9.55 Å². The molecule has 1 aromatic carbocycles. The van der Waals surface area contributed by atoms with E-state index in [0.717, 1.165) is 5.69 Å². The zero-order valence-corrected chi connectivity index (χ0v) is 10.9. The van der Waals surface area contributed by atoms with Gasteiger partial charge in [0, 0.05) is 12.6 Å². The van der Waals surface area contributed by atoms with Gasteiger partial charge in [-0.25, -0.2) is 9.37 Å². The number of rotatable bonds is 4. The van der Waals surface area contributed by atoms with E-state index in [4.69, 9.17) is 4.74 Å². The molecule has 0 saturated heterocycles. The Bertz CT molecular complexity index is 534. The summed E-state index contributed by atoms with van der Waals surface area (Å²) in [6, 6.07) is 4.93. The molecule has 0 bridgehead atoms. The topological polar surface area (TPSA) is 27.1 Å². The molecule has 0 fully saturated rings. The highest BCUT2D eigenvalue weighted by Crippen LogP contribution is 2.29. The Morgan fingerprint density at radius 2 is 2.17 bits per heavy atom. The summed E-state index contributed by atoms with van der Waals surface area (Å²) in [6.45, 7) is 4.30. The van der Waals surface area contributed by atoms with Crippen LogP contribution in [0.5, 0.6) is 5.75 Å². The fraction of sp³-hybridized carbons (Fsp3) is 0.357. The number of halogens is 1. The van der Waals surface area contributed by atoms with Crippen molar-refractivity contribution in [2.24, 2.45) is 7.05 Å². The monoisotopic (exact) mass is 248 g/mol. The van der Waals surface area contributed by atoms with Crippen molar-refractivity contribution in [1.29, 1.82) is 0 Å². The van der Waals surface area contributed by atoms with E-state index < -0.39 is 0 Å². The minimum Gasteiger partial charge on any atom is -0.487 e. The van der Waals surface area contributed by atoms with Crippen LogP contribution in [0, 0.1) is 5.82 Å². The van der Waals surface area contributed by atoms with Gasteiger partial charge in [-0.05, 0) is 18.1 Å². The summed E-state index contributed by atoms with van der Waals surface area (Å²) in [6.07, 6.45) is 3.46. The summed E-state index contributed by atoms with van der Waals surface area (Å²) in [5, 5.41) is 0. The van der Waals surface area contributed by atoms with Crippen molar-refractivity contribution in [1.82, 2.24) is 9.55 Å². The van der Waals surface area contributed by atoms with Gasteiger partial charge in [-0.15, -0.1) is 0 Å². The molecular formula is C14H17FN2O. The predicted molar refractivity (Wildman–Crippen MR) is 68.0 cm³/mol. The number of ether oxygens (including phenoxy) is 1. The fourth-order valence-electron chi connectivity index (χ4n) is 1.88. The molecule has 1 heterocycles. The van der Waals surface area contributed by atoms with Gasteiger partial charge in [-0.1, -0.05) is 19.9 Å². The van der Waals surface area contributed by atoms with Crippen molar-refractivity contribution in [3.05, 3.63) is 47.8 Å². The number of benzene rings is 1. The third-order valence-electron chi connectivity index (χ3n) is 2.88. The van der Waals surface area contributed by atoms with Crippen LogP contribution in [0.3, 0.4) is 0 Å². The van der Waals surface area contributed by atoms with Crippen LogP contribution < -0.4 is 4.74 Å². The second kappa shape index (κ2) is 5.21. The highest BCUT2D eigenvalue weighted by atomic mass is 19.1. The molecule has 4 heteroatoms. The molecule has 0 aliphatic carbocycles. The van der Waals surface area contributed by atoms with Gasteiger partial charge in [0.25, 0.3) is 0 Å². The lowest BCUT2D eigenvalue weighted by atomic mass is 10.0. The van der Waals surface area contributed by atoms with Gasteiger partial charge < -0.3 is 9.30 Å². The molecule has 18 heavy (non-hydrogen) atoms. The average molecular weight is 248 g/mol. The van der Waals surface area contributed by atoms with Crippen LogP contribution in [0.25, 0.3) is 0 Å². The van der Waals surface area contributed by atoms with E-state index in [2.05, 4.69) is 4.98 Å². The fourth-order valence-corrected chi connectivity index (χ4v) is 1.88. The van der Waals surface area contributed by atoms with Gasteiger partial charge in [-0.3, -0.25) is 0 Å². The van der Waals surface area contributed by atoms with E-state index in [0.29, 0.717) is 17.9 Å². The molecule has 0 atom stereocenters. The van der Waals surface area contributed by atoms with Crippen LogP contribution in [0.2, 0.25) is 0 Å². The molecule has 0 amide bonds. The Hall–Kier alpha value is -1.84. The number of imidazole rings is 1. The second-order valence-electron chi connectivity index (χ2n) is 4.59. The molecule has 0 aliphatic heterocycles. The first-order valence-corrected chi connectivity index (χ1v) is 5.96. The Labute approximate surface area is 106 Å². The molecule has 0 aliphatic rings. The highest BCUT2D eigenvalue weighted by molar-refractivity contribution is 5.37. The van der Waals surface area contributed by atoms with Gasteiger partial charge in [-0.2, -0.15) is 0 Å². The molecule has 0 unspecified atom stereocenters. The predicted octanol–water partition coefficient (Wildman–Crippen LogP) is 3.26. The van der Waals surface area contributed by atoms with E-state index in [1.165, 1.54) is 6.07 Å². The highest BCUT2D eigenvalue weighted by Gasteiger charge is 2.13. The van der Waals surface area contributed by atoms with Crippen molar-refractivity contribution in [2.45, 2.75) is 26.4 Å². The van der Waals surface area contributed by atoms with Crippen LogP contribution in [0.15, 0.2) is 30.7 Å². The first kappa shape index (κ1) is 12.6. The van der Waals surface area contributed by atoms with Crippen LogP contribution in [0.4, 0.5) is 4.39 Å².